The van der Waals surface area contributed by atoms with Gasteiger partial charge in [-0.05, 0) is 31.0 Å². The third-order valence-electron chi connectivity index (χ3n) is 3.45. The van der Waals surface area contributed by atoms with E-state index in [4.69, 9.17) is 9.47 Å². The van der Waals surface area contributed by atoms with E-state index in [1.54, 1.807) is 0 Å². The van der Waals surface area contributed by atoms with Crippen LogP contribution in [-0.4, -0.2) is 13.2 Å². The molecule has 0 saturated carbocycles. The Hall–Kier alpha value is -1.35. The van der Waals surface area contributed by atoms with E-state index in [2.05, 4.69) is 32.5 Å². The molecule has 2 nitrogen and oxygen atoms in total. The smallest absolute Gasteiger partial charge is 0.128 e. The first-order valence-corrected chi connectivity index (χ1v) is 8.23. The van der Waals surface area contributed by atoms with Gasteiger partial charge >= 0.3 is 0 Å². The topological polar surface area (TPSA) is 18.5 Å². The zero-order chi connectivity index (χ0) is 15.1. The number of unbranched alkanes of at least 4 members (excludes halogenated alkanes) is 2. The molecule has 0 aliphatic rings. The first kappa shape index (κ1) is 16.0. The first-order chi connectivity index (χ1) is 10.3. The Morgan fingerprint density at radius 2 is 1.52 bits per heavy atom. The molecule has 0 spiro atoms. The van der Waals surface area contributed by atoms with E-state index in [1.165, 1.54) is 0 Å². The summed E-state index contributed by atoms with van der Waals surface area (Å²) in [5.74, 6) is 1.81. The lowest BCUT2D eigenvalue weighted by atomic mass is 10.1. The van der Waals surface area contributed by atoms with Gasteiger partial charge in [-0.25, -0.2) is 0 Å². The molecule has 2 aromatic rings. The summed E-state index contributed by atoms with van der Waals surface area (Å²) in [7, 11) is 0. The van der Waals surface area contributed by atoms with Crippen molar-refractivity contribution >= 4 is 23.4 Å². The second-order valence-electron chi connectivity index (χ2n) is 5.17. The molecule has 3 heteroatoms. The van der Waals surface area contributed by atoms with Gasteiger partial charge in [0.25, 0.3) is 0 Å². The van der Waals surface area contributed by atoms with E-state index in [9.17, 15) is 0 Å². The van der Waals surface area contributed by atoms with Crippen LogP contribution in [0.5, 0.6) is 11.5 Å². The zero-order valence-electron chi connectivity index (χ0n) is 12.9. The van der Waals surface area contributed by atoms with Gasteiger partial charge in [-0.15, -0.1) is 12.6 Å². The van der Waals surface area contributed by atoms with Crippen molar-refractivity contribution in [3.63, 3.8) is 0 Å². The molecule has 0 aliphatic heterocycles. The van der Waals surface area contributed by atoms with Crippen LogP contribution in [0.3, 0.4) is 0 Å². The molecule has 21 heavy (non-hydrogen) atoms. The Kier molecular flexibility index (Phi) is 6.24. The van der Waals surface area contributed by atoms with E-state index >= 15 is 0 Å². The quantitative estimate of drug-likeness (QED) is 0.514. The van der Waals surface area contributed by atoms with Crippen LogP contribution in [0.1, 0.15) is 39.5 Å². The van der Waals surface area contributed by atoms with Crippen LogP contribution in [0.2, 0.25) is 0 Å². The van der Waals surface area contributed by atoms with Gasteiger partial charge in [-0.1, -0.05) is 38.8 Å². The average Bonchev–Trinajstić information content (AvgIpc) is 2.50. The normalized spacial score (nSPS) is 10.8. The largest absolute Gasteiger partial charge is 0.493 e. The molecular weight excluding hydrogens is 280 g/mol. The molecule has 0 heterocycles. The lowest BCUT2D eigenvalue weighted by Gasteiger charge is -2.14. The van der Waals surface area contributed by atoms with Gasteiger partial charge in [0.2, 0.25) is 0 Å². The molecular formula is C18H24O2S. The number of rotatable bonds is 8. The highest BCUT2D eigenvalue weighted by atomic mass is 32.1. The summed E-state index contributed by atoms with van der Waals surface area (Å²) in [6.45, 7) is 5.82. The van der Waals surface area contributed by atoms with Crippen molar-refractivity contribution in [1.29, 1.82) is 0 Å². The van der Waals surface area contributed by atoms with Gasteiger partial charge in [-0.3, -0.25) is 0 Å². The van der Waals surface area contributed by atoms with Crippen molar-refractivity contribution < 1.29 is 9.47 Å². The van der Waals surface area contributed by atoms with E-state index in [0.717, 1.165) is 66.1 Å². The Balaban J connectivity index is 2.32. The fourth-order valence-corrected chi connectivity index (χ4v) is 2.53. The maximum atomic E-state index is 5.92. The lowest BCUT2D eigenvalue weighted by molar-refractivity contribution is 0.309. The molecule has 0 saturated heterocycles. The summed E-state index contributed by atoms with van der Waals surface area (Å²) in [5, 5.41) is 2.12. The van der Waals surface area contributed by atoms with Crippen LogP contribution in [-0.2, 0) is 0 Å². The van der Waals surface area contributed by atoms with Gasteiger partial charge in [0, 0.05) is 15.7 Å². The fourth-order valence-electron chi connectivity index (χ4n) is 2.23. The third-order valence-corrected chi connectivity index (χ3v) is 3.82. The van der Waals surface area contributed by atoms with Gasteiger partial charge in [-0.2, -0.15) is 0 Å². The van der Waals surface area contributed by atoms with Crippen LogP contribution in [0.4, 0.5) is 0 Å². The number of hydrogen-bond donors (Lipinski definition) is 1. The van der Waals surface area contributed by atoms with Gasteiger partial charge in [0.15, 0.2) is 0 Å². The Bertz CT molecular complexity index is 581. The Morgan fingerprint density at radius 3 is 2.19 bits per heavy atom. The predicted molar refractivity (Wildman–Crippen MR) is 92.0 cm³/mol. The maximum absolute atomic E-state index is 5.92. The van der Waals surface area contributed by atoms with Crippen LogP contribution in [0, 0.1) is 0 Å². The summed E-state index contributed by atoms with van der Waals surface area (Å²) in [6, 6.07) is 10.1. The zero-order valence-corrected chi connectivity index (χ0v) is 13.8. The van der Waals surface area contributed by atoms with Crippen LogP contribution >= 0.6 is 12.6 Å². The van der Waals surface area contributed by atoms with E-state index in [0.29, 0.717) is 0 Å². The molecule has 2 rings (SSSR count). The molecule has 0 radical (unpaired) electrons. The second-order valence-corrected chi connectivity index (χ2v) is 5.65. The molecule has 0 unspecified atom stereocenters. The van der Waals surface area contributed by atoms with Crippen molar-refractivity contribution in [1.82, 2.24) is 0 Å². The van der Waals surface area contributed by atoms with E-state index < -0.39 is 0 Å². The summed E-state index contributed by atoms with van der Waals surface area (Å²) in [6.07, 6.45) is 4.39. The summed E-state index contributed by atoms with van der Waals surface area (Å²) >= 11 is 4.59. The first-order valence-electron chi connectivity index (χ1n) is 7.78. The number of fused-ring (bicyclic) bond motifs is 1. The lowest BCUT2D eigenvalue weighted by Crippen LogP contribution is -1.99. The Labute approximate surface area is 132 Å². The Morgan fingerprint density at radius 1 is 0.857 bits per heavy atom. The highest BCUT2D eigenvalue weighted by Gasteiger charge is 2.10. The molecule has 114 valence electrons. The van der Waals surface area contributed by atoms with Gasteiger partial charge in [0.05, 0.1) is 13.2 Å². The SMILES string of the molecule is CCCCOc1ccc(S)c2c(OCCCC)cccc12. The summed E-state index contributed by atoms with van der Waals surface area (Å²) < 4.78 is 11.8. The fraction of sp³-hybridized carbons (Fsp3) is 0.444. The van der Waals surface area contributed by atoms with Crippen LogP contribution in [0.25, 0.3) is 10.8 Å². The summed E-state index contributed by atoms with van der Waals surface area (Å²) in [4.78, 5) is 0.930. The summed E-state index contributed by atoms with van der Waals surface area (Å²) in [5.41, 5.74) is 0. The third kappa shape index (κ3) is 4.07. The van der Waals surface area contributed by atoms with Crippen molar-refractivity contribution in [2.75, 3.05) is 13.2 Å². The maximum Gasteiger partial charge on any atom is 0.128 e. The van der Waals surface area contributed by atoms with Gasteiger partial charge < -0.3 is 9.47 Å². The monoisotopic (exact) mass is 304 g/mol. The minimum absolute atomic E-state index is 0.740. The molecule has 0 aromatic heterocycles. The van der Waals surface area contributed by atoms with Crippen LogP contribution < -0.4 is 9.47 Å². The van der Waals surface area contributed by atoms with Crippen molar-refractivity contribution in [2.45, 2.75) is 44.4 Å². The van der Waals surface area contributed by atoms with Crippen molar-refractivity contribution in [2.24, 2.45) is 0 Å². The minimum atomic E-state index is 0.740. The minimum Gasteiger partial charge on any atom is -0.493 e. The molecule has 0 fully saturated rings. The van der Waals surface area contributed by atoms with E-state index in [-0.39, 0.29) is 0 Å². The highest BCUT2D eigenvalue weighted by Crippen LogP contribution is 2.37. The molecule has 0 aliphatic carbocycles. The molecule has 0 N–H and O–H groups in total. The van der Waals surface area contributed by atoms with Crippen molar-refractivity contribution in [3.05, 3.63) is 30.3 Å². The highest BCUT2D eigenvalue weighted by molar-refractivity contribution is 7.80. The van der Waals surface area contributed by atoms with Crippen molar-refractivity contribution in [3.8, 4) is 11.5 Å². The van der Waals surface area contributed by atoms with E-state index in [1.807, 2.05) is 24.3 Å². The van der Waals surface area contributed by atoms with Crippen LogP contribution in [0.15, 0.2) is 35.2 Å². The number of ether oxygens (including phenoxy) is 2. The number of thiol groups is 1. The van der Waals surface area contributed by atoms with Gasteiger partial charge in [0.1, 0.15) is 11.5 Å². The molecule has 0 amide bonds. The standard InChI is InChI=1S/C18H24O2S/c1-3-5-12-19-15-10-11-17(21)18-14(15)8-7-9-16(18)20-13-6-4-2/h7-11,21H,3-6,12-13H2,1-2H3. The number of benzene rings is 2. The molecule has 2 aromatic carbocycles. The second kappa shape index (κ2) is 8.18. The predicted octanol–water partition coefficient (Wildman–Crippen LogP) is 5.49. The number of hydrogen-bond acceptors (Lipinski definition) is 3. The average molecular weight is 304 g/mol. The molecule has 0 bridgehead atoms. The molecule has 0 atom stereocenters.